The number of carbonyl (C=O) groups is 1. The molecule has 0 bridgehead atoms. The lowest BCUT2D eigenvalue weighted by atomic mass is 9.95. The fourth-order valence-corrected chi connectivity index (χ4v) is 2.70. The van der Waals surface area contributed by atoms with E-state index in [0.717, 1.165) is 34.9 Å². The minimum atomic E-state index is -0.332. The summed E-state index contributed by atoms with van der Waals surface area (Å²) in [5.74, 6) is 0.822. The SMILES string of the molecule is CCOC(=O)c1c(C2CC2)cc2ccc(OC)cc2c1N. The first-order valence-corrected chi connectivity index (χ1v) is 7.23. The molecule has 0 radical (unpaired) electrons. The predicted octanol–water partition coefficient (Wildman–Crippen LogP) is 3.48. The Morgan fingerprint density at radius 1 is 1.33 bits per heavy atom. The Hall–Kier alpha value is -2.23. The summed E-state index contributed by atoms with van der Waals surface area (Å²) in [6.45, 7) is 2.15. The molecule has 1 fully saturated rings. The first kappa shape index (κ1) is 13.7. The van der Waals surface area contributed by atoms with E-state index in [9.17, 15) is 4.79 Å². The lowest BCUT2D eigenvalue weighted by Crippen LogP contribution is -2.11. The van der Waals surface area contributed by atoms with Gasteiger partial charge in [0.05, 0.1) is 25.0 Å². The number of carbonyl (C=O) groups excluding carboxylic acids is 1. The summed E-state index contributed by atoms with van der Waals surface area (Å²) in [7, 11) is 1.61. The van der Waals surface area contributed by atoms with Crippen LogP contribution in [0.25, 0.3) is 10.8 Å². The van der Waals surface area contributed by atoms with E-state index in [1.807, 2.05) is 18.2 Å². The van der Waals surface area contributed by atoms with Crippen molar-refractivity contribution in [2.45, 2.75) is 25.7 Å². The Bertz CT molecular complexity index is 705. The normalized spacial score (nSPS) is 14.2. The van der Waals surface area contributed by atoms with Crippen molar-refractivity contribution < 1.29 is 14.3 Å². The molecule has 110 valence electrons. The van der Waals surface area contributed by atoms with Crippen LogP contribution >= 0.6 is 0 Å². The first-order chi connectivity index (χ1) is 10.2. The highest BCUT2D eigenvalue weighted by Crippen LogP contribution is 2.45. The van der Waals surface area contributed by atoms with Crippen molar-refractivity contribution in [2.24, 2.45) is 0 Å². The van der Waals surface area contributed by atoms with Crippen LogP contribution in [0.4, 0.5) is 5.69 Å². The van der Waals surface area contributed by atoms with Crippen molar-refractivity contribution in [3.8, 4) is 5.75 Å². The first-order valence-electron chi connectivity index (χ1n) is 7.23. The number of fused-ring (bicyclic) bond motifs is 1. The fraction of sp³-hybridized carbons (Fsp3) is 0.353. The molecule has 3 rings (SSSR count). The van der Waals surface area contributed by atoms with Crippen molar-refractivity contribution >= 4 is 22.4 Å². The van der Waals surface area contributed by atoms with Gasteiger partial charge in [-0.2, -0.15) is 0 Å². The number of esters is 1. The molecule has 4 nitrogen and oxygen atoms in total. The van der Waals surface area contributed by atoms with Crippen LogP contribution in [0, 0.1) is 0 Å². The number of hydrogen-bond donors (Lipinski definition) is 1. The summed E-state index contributed by atoms with van der Waals surface area (Å²) in [6.07, 6.45) is 2.21. The summed E-state index contributed by atoms with van der Waals surface area (Å²) < 4.78 is 10.4. The quantitative estimate of drug-likeness (QED) is 0.690. The number of nitrogens with two attached hydrogens (primary N) is 1. The molecule has 0 aromatic heterocycles. The van der Waals surface area contributed by atoms with Crippen LogP contribution < -0.4 is 10.5 Å². The van der Waals surface area contributed by atoms with Crippen molar-refractivity contribution in [3.63, 3.8) is 0 Å². The monoisotopic (exact) mass is 285 g/mol. The van der Waals surface area contributed by atoms with E-state index in [4.69, 9.17) is 15.2 Å². The summed E-state index contributed by atoms with van der Waals surface area (Å²) in [6, 6.07) is 7.81. The molecule has 2 aromatic carbocycles. The molecule has 0 heterocycles. The molecule has 0 unspecified atom stereocenters. The molecule has 1 saturated carbocycles. The number of methoxy groups -OCH3 is 1. The van der Waals surface area contributed by atoms with E-state index >= 15 is 0 Å². The Balaban J connectivity index is 2.23. The summed E-state index contributed by atoms with van der Waals surface area (Å²) >= 11 is 0. The van der Waals surface area contributed by atoms with Crippen molar-refractivity contribution in [1.82, 2.24) is 0 Å². The molecule has 0 spiro atoms. The number of rotatable bonds is 4. The van der Waals surface area contributed by atoms with Gasteiger partial charge in [0.25, 0.3) is 0 Å². The van der Waals surface area contributed by atoms with Crippen LogP contribution in [0.5, 0.6) is 5.75 Å². The van der Waals surface area contributed by atoms with E-state index in [-0.39, 0.29) is 5.97 Å². The Morgan fingerprint density at radius 2 is 2.10 bits per heavy atom. The van der Waals surface area contributed by atoms with E-state index in [0.29, 0.717) is 23.8 Å². The zero-order valence-electron chi connectivity index (χ0n) is 12.3. The smallest absolute Gasteiger partial charge is 0.340 e. The third-order valence-electron chi connectivity index (χ3n) is 3.92. The summed E-state index contributed by atoms with van der Waals surface area (Å²) in [4.78, 5) is 12.3. The summed E-state index contributed by atoms with van der Waals surface area (Å²) in [5.41, 5.74) is 8.32. The second kappa shape index (κ2) is 5.28. The molecule has 0 amide bonds. The van der Waals surface area contributed by atoms with Gasteiger partial charge in [-0.3, -0.25) is 0 Å². The maximum atomic E-state index is 12.3. The van der Waals surface area contributed by atoms with Crippen LogP contribution in [0.3, 0.4) is 0 Å². The van der Waals surface area contributed by atoms with Crippen molar-refractivity contribution in [1.29, 1.82) is 0 Å². The molecular weight excluding hydrogens is 266 g/mol. The maximum absolute atomic E-state index is 12.3. The second-order valence-corrected chi connectivity index (χ2v) is 5.34. The largest absolute Gasteiger partial charge is 0.497 e. The Morgan fingerprint density at radius 3 is 2.71 bits per heavy atom. The Kier molecular flexibility index (Phi) is 3.45. The zero-order chi connectivity index (χ0) is 15.0. The molecule has 2 aromatic rings. The molecule has 0 aliphatic heterocycles. The van der Waals surface area contributed by atoms with Gasteiger partial charge in [-0.05, 0) is 54.8 Å². The highest BCUT2D eigenvalue weighted by Gasteiger charge is 2.31. The second-order valence-electron chi connectivity index (χ2n) is 5.34. The average Bonchev–Trinajstić information content (AvgIpc) is 3.31. The lowest BCUT2D eigenvalue weighted by Gasteiger charge is -2.14. The minimum Gasteiger partial charge on any atom is -0.497 e. The van der Waals surface area contributed by atoms with Crippen LogP contribution in [0.15, 0.2) is 24.3 Å². The highest BCUT2D eigenvalue weighted by atomic mass is 16.5. The molecule has 4 heteroatoms. The standard InChI is InChI=1S/C17H19NO3/c1-3-21-17(19)15-13(10-4-5-10)8-11-6-7-12(20-2)9-14(11)16(15)18/h6-10H,3-5,18H2,1-2H3. The van der Waals surface area contributed by atoms with Gasteiger partial charge in [-0.15, -0.1) is 0 Å². The number of ether oxygens (including phenoxy) is 2. The summed E-state index contributed by atoms with van der Waals surface area (Å²) in [5, 5.41) is 1.87. The lowest BCUT2D eigenvalue weighted by molar-refractivity contribution is 0.0526. The molecular formula is C17H19NO3. The average molecular weight is 285 g/mol. The number of anilines is 1. The highest BCUT2D eigenvalue weighted by molar-refractivity contribution is 6.07. The van der Waals surface area contributed by atoms with E-state index < -0.39 is 0 Å². The van der Waals surface area contributed by atoms with E-state index in [1.165, 1.54) is 0 Å². The molecule has 21 heavy (non-hydrogen) atoms. The number of nitrogen functional groups attached to an aromatic ring is 1. The van der Waals surface area contributed by atoms with E-state index in [2.05, 4.69) is 6.07 Å². The number of benzene rings is 2. The van der Waals surface area contributed by atoms with Crippen molar-refractivity contribution in [3.05, 3.63) is 35.4 Å². The topological polar surface area (TPSA) is 61.5 Å². The third-order valence-corrected chi connectivity index (χ3v) is 3.92. The van der Waals surface area contributed by atoms with E-state index in [1.54, 1.807) is 14.0 Å². The zero-order valence-corrected chi connectivity index (χ0v) is 12.3. The van der Waals surface area contributed by atoms with Gasteiger partial charge >= 0.3 is 5.97 Å². The molecule has 2 N–H and O–H groups in total. The van der Waals surface area contributed by atoms with Crippen LogP contribution in [-0.2, 0) is 4.74 Å². The van der Waals surface area contributed by atoms with Gasteiger partial charge in [-0.25, -0.2) is 4.79 Å². The Labute approximate surface area is 123 Å². The van der Waals surface area contributed by atoms with Crippen molar-refractivity contribution in [2.75, 3.05) is 19.5 Å². The molecule has 1 aliphatic rings. The maximum Gasteiger partial charge on any atom is 0.340 e. The van der Waals surface area contributed by atoms with Gasteiger partial charge in [0, 0.05) is 5.39 Å². The molecule has 1 aliphatic carbocycles. The van der Waals surface area contributed by atoms with Gasteiger partial charge in [0.2, 0.25) is 0 Å². The molecule has 0 atom stereocenters. The third kappa shape index (κ3) is 2.42. The van der Waals surface area contributed by atoms with Gasteiger partial charge in [0.15, 0.2) is 0 Å². The van der Waals surface area contributed by atoms with Crippen LogP contribution in [0.2, 0.25) is 0 Å². The fourth-order valence-electron chi connectivity index (χ4n) is 2.70. The van der Waals surface area contributed by atoms with Gasteiger partial charge in [0.1, 0.15) is 5.75 Å². The van der Waals surface area contributed by atoms with Crippen LogP contribution in [-0.4, -0.2) is 19.7 Å². The number of hydrogen-bond acceptors (Lipinski definition) is 4. The van der Waals surface area contributed by atoms with Gasteiger partial charge in [-0.1, -0.05) is 6.07 Å². The predicted molar refractivity (Wildman–Crippen MR) is 82.8 cm³/mol. The van der Waals surface area contributed by atoms with Gasteiger partial charge < -0.3 is 15.2 Å². The van der Waals surface area contributed by atoms with Crippen LogP contribution in [0.1, 0.15) is 41.6 Å². The minimum absolute atomic E-state index is 0.332. The molecule has 0 saturated heterocycles.